The van der Waals surface area contributed by atoms with Crippen LogP contribution in [0.2, 0.25) is 0 Å². The highest BCUT2D eigenvalue weighted by molar-refractivity contribution is 5.95. The van der Waals surface area contributed by atoms with Crippen molar-refractivity contribution in [3.05, 3.63) is 65.9 Å². The third-order valence-corrected chi connectivity index (χ3v) is 9.10. The van der Waals surface area contributed by atoms with Crippen molar-refractivity contribution in [3.8, 4) is 11.4 Å². The number of hydrogen-bond donors (Lipinski definition) is 1. The van der Waals surface area contributed by atoms with E-state index in [2.05, 4.69) is 30.7 Å². The zero-order valence-corrected chi connectivity index (χ0v) is 21.3. The Morgan fingerprint density at radius 2 is 1.86 bits per heavy atom. The standard InChI is InChI=1S/C29H34N4O3/c1-28(2)22-13-7-8-14-29(22,3)27(28)31-25(34)23-20-18-32(26(35)21-12-9-17-36-21)15-16-33(20)24(30-23)19-10-5-4-6-11-19/h4-6,9-12,17,22,27H,7-8,13-16,18H2,1-3H3,(H,31,34). The van der Waals surface area contributed by atoms with E-state index in [4.69, 9.17) is 9.40 Å². The van der Waals surface area contributed by atoms with Crippen LogP contribution >= 0.6 is 0 Å². The second kappa shape index (κ2) is 8.36. The second-order valence-electron chi connectivity index (χ2n) is 11.5. The van der Waals surface area contributed by atoms with Gasteiger partial charge in [0.25, 0.3) is 11.8 Å². The van der Waals surface area contributed by atoms with Crippen LogP contribution in [0, 0.1) is 16.7 Å². The van der Waals surface area contributed by atoms with Crippen LogP contribution in [0.25, 0.3) is 11.4 Å². The van der Waals surface area contributed by atoms with E-state index in [1.54, 1.807) is 17.0 Å². The average molecular weight is 487 g/mol. The van der Waals surface area contributed by atoms with Gasteiger partial charge >= 0.3 is 0 Å². The van der Waals surface area contributed by atoms with Gasteiger partial charge in [-0.2, -0.15) is 0 Å². The highest BCUT2D eigenvalue weighted by atomic mass is 16.3. The van der Waals surface area contributed by atoms with Crippen LogP contribution in [0.1, 0.15) is 73.2 Å². The molecule has 7 heteroatoms. The number of hydrogen-bond acceptors (Lipinski definition) is 4. The predicted octanol–water partition coefficient (Wildman–Crippen LogP) is 5.13. The van der Waals surface area contributed by atoms with E-state index in [9.17, 15) is 9.59 Å². The molecule has 0 bridgehead atoms. The van der Waals surface area contributed by atoms with Crippen molar-refractivity contribution in [2.45, 2.75) is 65.6 Å². The molecule has 3 heterocycles. The van der Waals surface area contributed by atoms with Crippen molar-refractivity contribution < 1.29 is 14.0 Å². The van der Waals surface area contributed by atoms with Crippen LogP contribution in [0.5, 0.6) is 0 Å². The molecule has 3 unspecified atom stereocenters. The minimum Gasteiger partial charge on any atom is -0.459 e. The first-order chi connectivity index (χ1) is 17.3. The monoisotopic (exact) mass is 486 g/mol. The lowest BCUT2D eigenvalue weighted by Gasteiger charge is -2.67. The lowest BCUT2D eigenvalue weighted by atomic mass is 9.40. The number of benzene rings is 1. The van der Waals surface area contributed by atoms with Gasteiger partial charge in [-0.1, -0.05) is 63.9 Å². The maximum atomic E-state index is 13.9. The molecule has 1 N–H and O–H groups in total. The van der Waals surface area contributed by atoms with Crippen LogP contribution in [0.4, 0.5) is 0 Å². The topological polar surface area (TPSA) is 80.4 Å². The van der Waals surface area contributed by atoms with Gasteiger partial charge in [-0.25, -0.2) is 4.98 Å². The molecular formula is C29H34N4O3. The summed E-state index contributed by atoms with van der Waals surface area (Å²) in [6.45, 7) is 8.33. The molecule has 3 atom stereocenters. The number of aromatic nitrogens is 2. The number of imidazole rings is 1. The molecule has 3 aromatic rings. The zero-order chi connectivity index (χ0) is 25.1. The largest absolute Gasteiger partial charge is 0.459 e. The van der Waals surface area contributed by atoms with Crippen molar-refractivity contribution in [1.82, 2.24) is 19.8 Å². The average Bonchev–Trinajstić information content (AvgIpc) is 3.55. The number of carbonyl (C=O) groups excluding carboxylic acids is 2. The van der Waals surface area contributed by atoms with Crippen molar-refractivity contribution in [2.75, 3.05) is 6.54 Å². The number of carbonyl (C=O) groups is 2. The van der Waals surface area contributed by atoms with E-state index in [-0.39, 0.29) is 28.7 Å². The number of furan rings is 1. The molecule has 36 heavy (non-hydrogen) atoms. The Labute approximate surface area is 211 Å². The maximum absolute atomic E-state index is 13.9. The first-order valence-corrected chi connectivity index (χ1v) is 13.1. The summed E-state index contributed by atoms with van der Waals surface area (Å²) in [5.74, 6) is 1.40. The second-order valence-corrected chi connectivity index (χ2v) is 11.5. The van der Waals surface area contributed by atoms with Gasteiger partial charge in [0.05, 0.1) is 18.5 Å². The molecule has 3 aliphatic rings. The first-order valence-electron chi connectivity index (χ1n) is 13.1. The highest BCUT2D eigenvalue weighted by Gasteiger charge is 2.64. The molecular weight excluding hydrogens is 452 g/mol. The van der Waals surface area contributed by atoms with Gasteiger partial charge in [0.2, 0.25) is 0 Å². The third-order valence-electron chi connectivity index (χ3n) is 9.10. The zero-order valence-electron chi connectivity index (χ0n) is 21.3. The Kier molecular flexibility index (Phi) is 5.36. The number of fused-ring (bicyclic) bond motifs is 2. The van der Waals surface area contributed by atoms with E-state index >= 15 is 0 Å². The third kappa shape index (κ3) is 3.43. The minimum absolute atomic E-state index is 0.0498. The molecule has 188 valence electrons. The molecule has 1 aliphatic heterocycles. The summed E-state index contributed by atoms with van der Waals surface area (Å²) >= 11 is 0. The summed E-state index contributed by atoms with van der Waals surface area (Å²) in [4.78, 5) is 33.6. The summed E-state index contributed by atoms with van der Waals surface area (Å²) in [7, 11) is 0. The van der Waals surface area contributed by atoms with E-state index in [0.29, 0.717) is 37.0 Å². The van der Waals surface area contributed by atoms with E-state index in [1.807, 2.05) is 30.3 Å². The fourth-order valence-corrected chi connectivity index (χ4v) is 7.52. The predicted molar refractivity (Wildman–Crippen MR) is 136 cm³/mol. The molecule has 0 saturated heterocycles. The van der Waals surface area contributed by atoms with Crippen molar-refractivity contribution in [1.29, 1.82) is 0 Å². The van der Waals surface area contributed by atoms with E-state index < -0.39 is 0 Å². The Bertz CT molecular complexity index is 1290. The van der Waals surface area contributed by atoms with Crippen LogP contribution in [0.15, 0.2) is 53.1 Å². The van der Waals surface area contributed by atoms with Crippen LogP contribution in [-0.2, 0) is 13.1 Å². The SMILES string of the molecule is CC1(C)C2CCCCC2(C)C1NC(=O)c1nc(-c2ccccc2)n2c1CN(C(=O)c1ccco1)CC2. The van der Waals surface area contributed by atoms with Gasteiger partial charge in [-0.15, -0.1) is 0 Å². The molecule has 6 rings (SSSR count). The molecule has 2 saturated carbocycles. The van der Waals surface area contributed by atoms with Crippen LogP contribution < -0.4 is 5.32 Å². The van der Waals surface area contributed by atoms with E-state index in [0.717, 1.165) is 23.5 Å². The quantitative estimate of drug-likeness (QED) is 0.554. The van der Waals surface area contributed by atoms with Gasteiger partial charge < -0.3 is 19.2 Å². The summed E-state index contributed by atoms with van der Waals surface area (Å²) in [5.41, 5.74) is 2.34. The Morgan fingerprint density at radius 1 is 1.06 bits per heavy atom. The summed E-state index contributed by atoms with van der Waals surface area (Å²) in [5, 5.41) is 3.41. The molecule has 1 aromatic carbocycles. The number of nitrogens with one attached hydrogen (secondary N) is 1. The lowest BCUT2D eigenvalue weighted by molar-refractivity contribution is -0.156. The molecule has 2 fully saturated rings. The Hall–Kier alpha value is -3.35. The van der Waals surface area contributed by atoms with Gasteiger partial charge in [0.15, 0.2) is 11.5 Å². The summed E-state index contributed by atoms with van der Waals surface area (Å²) in [6.07, 6.45) is 6.38. The van der Waals surface area contributed by atoms with E-state index in [1.165, 1.54) is 25.5 Å². The fraction of sp³-hybridized carbons (Fsp3) is 0.483. The molecule has 2 amide bonds. The Balaban J connectivity index is 1.34. The normalized spacial score (nSPS) is 26.5. The highest BCUT2D eigenvalue weighted by Crippen LogP contribution is 2.65. The van der Waals surface area contributed by atoms with Gasteiger partial charge in [-0.05, 0) is 41.7 Å². The molecule has 0 radical (unpaired) electrons. The van der Waals surface area contributed by atoms with Crippen LogP contribution in [-0.4, -0.2) is 38.9 Å². The summed E-state index contributed by atoms with van der Waals surface area (Å²) in [6, 6.07) is 13.5. The maximum Gasteiger partial charge on any atom is 0.289 e. The van der Waals surface area contributed by atoms with Crippen LogP contribution in [0.3, 0.4) is 0 Å². The van der Waals surface area contributed by atoms with Crippen molar-refractivity contribution >= 4 is 11.8 Å². The number of rotatable bonds is 4. The summed E-state index contributed by atoms with van der Waals surface area (Å²) < 4.78 is 7.46. The smallest absolute Gasteiger partial charge is 0.289 e. The van der Waals surface area contributed by atoms with Gasteiger partial charge in [-0.3, -0.25) is 9.59 Å². The molecule has 7 nitrogen and oxygen atoms in total. The molecule has 2 aromatic heterocycles. The first kappa shape index (κ1) is 23.1. The van der Waals surface area contributed by atoms with Crippen molar-refractivity contribution in [3.63, 3.8) is 0 Å². The van der Waals surface area contributed by atoms with Gasteiger partial charge in [0, 0.05) is 24.7 Å². The minimum atomic E-state index is -0.169. The molecule has 2 aliphatic carbocycles. The molecule has 0 spiro atoms. The van der Waals surface area contributed by atoms with Crippen molar-refractivity contribution in [2.24, 2.45) is 16.7 Å². The Morgan fingerprint density at radius 3 is 2.61 bits per heavy atom. The fourth-order valence-electron chi connectivity index (χ4n) is 7.52. The number of nitrogens with zero attached hydrogens (tertiary/aromatic N) is 3. The van der Waals surface area contributed by atoms with Gasteiger partial charge in [0.1, 0.15) is 5.82 Å². The number of amides is 2. The lowest BCUT2D eigenvalue weighted by Crippen LogP contribution is -2.71.